The molecule has 0 radical (unpaired) electrons. The van der Waals surface area contributed by atoms with Crippen molar-refractivity contribution in [3.63, 3.8) is 0 Å². The molecule has 0 spiro atoms. The van der Waals surface area contributed by atoms with Gasteiger partial charge in [0.05, 0.1) is 6.10 Å². The molecule has 0 aliphatic carbocycles. The molecule has 2 rings (SSSR count). The molecule has 2 N–H and O–H groups in total. The van der Waals surface area contributed by atoms with E-state index in [2.05, 4.69) is 28.2 Å². The summed E-state index contributed by atoms with van der Waals surface area (Å²) in [5.41, 5.74) is 0.865. The lowest BCUT2D eigenvalue weighted by Crippen LogP contribution is -2.41. The molecule has 1 aromatic rings. The van der Waals surface area contributed by atoms with Crippen LogP contribution in [0.1, 0.15) is 31.4 Å². The number of benzene rings is 1. The Morgan fingerprint density at radius 3 is 3.00 bits per heavy atom. The van der Waals surface area contributed by atoms with E-state index in [-0.39, 0.29) is 6.04 Å². The van der Waals surface area contributed by atoms with Gasteiger partial charge in [-0.25, -0.2) is 0 Å². The quantitative estimate of drug-likeness (QED) is 0.874. The fraction of sp³-hybridized carbons (Fsp3) is 0.538. The van der Waals surface area contributed by atoms with Gasteiger partial charge in [0.25, 0.3) is 0 Å². The minimum Gasteiger partial charge on any atom is -0.387 e. The molecular formula is C13H17BrClNO. The van der Waals surface area contributed by atoms with Crippen LogP contribution in [0.4, 0.5) is 0 Å². The van der Waals surface area contributed by atoms with Crippen molar-refractivity contribution in [2.45, 2.75) is 31.9 Å². The minimum absolute atomic E-state index is 0.119. The van der Waals surface area contributed by atoms with E-state index in [1.165, 1.54) is 6.42 Å². The van der Waals surface area contributed by atoms with Gasteiger partial charge >= 0.3 is 0 Å². The van der Waals surface area contributed by atoms with E-state index in [1.54, 1.807) is 0 Å². The maximum absolute atomic E-state index is 10.4. The second-order valence-electron chi connectivity index (χ2n) is 4.80. The SMILES string of the molecule is CC1CCNC(C(O)c2cc(Cl)ccc2Br)C1. The summed E-state index contributed by atoms with van der Waals surface area (Å²) in [6.07, 6.45) is 1.67. The van der Waals surface area contributed by atoms with Crippen molar-refractivity contribution in [2.24, 2.45) is 5.92 Å². The first kappa shape index (κ1) is 13.3. The molecule has 4 heteroatoms. The average molecular weight is 319 g/mol. The number of aliphatic hydroxyl groups excluding tert-OH is 1. The van der Waals surface area contributed by atoms with Crippen LogP contribution in [-0.4, -0.2) is 17.7 Å². The van der Waals surface area contributed by atoms with Crippen LogP contribution in [0.5, 0.6) is 0 Å². The van der Waals surface area contributed by atoms with Gasteiger partial charge in [0.15, 0.2) is 0 Å². The van der Waals surface area contributed by atoms with Gasteiger partial charge in [-0.2, -0.15) is 0 Å². The molecule has 1 heterocycles. The molecule has 17 heavy (non-hydrogen) atoms. The number of nitrogens with one attached hydrogen (secondary N) is 1. The Bertz CT molecular complexity index is 399. The Balaban J connectivity index is 2.18. The molecular weight excluding hydrogens is 302 g/mol. The third kappa shape index (κ3) is 3.22. The minimum atomic E-state index is -0.508. The van der Waals surface area contributed by atoms with Crippen LogP contribution in [0.25, 0.3) is 0 Å². The zero-order valence-corrected chi connectivity index (χ0v) is 12.1. The number of piperidine rings is 1. The molecule has 0 saturated carbocycles. The Morgan fingerprint density at radius 2 is 2.29 bits per heavy atom. The molecule has 94 valence electrons. The summed E-state index contributed by atoms with van der Waals surface area (Å²) in [5.74, 6) is 0.661. The van der Waals surface area contributed by atoms with Crippen molar-refractivity contribution in [2.75, 3.05) is 6.54 Å². The van der Waals surface area contributed by atoms with Gasteiger partial charge in [-0.05, 0) is 49.1 Å². The van der Waals surface area contributed by atoms with E-state index >= 15 is 0 Å². The predicted octanol–water partition coefficient (Wildman–Crippen LogP) is 3.52. The molecule has 1 aromatic carbocycles. The smallest absolute Gasteiger partial charge is 0.0954 e. The first-order chi connectivity index (χ1) is 8.08. The van der Waals surface area contributed by atoms with E-state index < -0.39 is 6.10 Å². The average Bonchev–Trinajstić information content (AvgIpc) is 2.31. The maximum Gasteiger partial charge on any atom is 0.0954 e. The molecule has 0 amide bonds. The summed E-state index contributed by atoms with van der Waals surface area (Å²) in [7, 11) is 0. The van der Waals surface area contributed by atoms with E-state index in [9.17, 15) is 5.11 Å². The third-order valence-electron chi connectivity index (χ3n) is 3.36. The molecule has 1 aliphatic heterocycles. The summed E-state index contributed by atoms with van der Waals surface area (Å²) >= 11 is 9.44. The van der Waals surface area contributed by atoms with Crippen molar-refractivity contribution in [1.29, 1.82) is 0 Å². The van der Waals surface area contributed by atoms with Crippen LogP contribution in [0.3, 0.4) is 0 Å². The Kier molecular flexibility index (Phi) is 4.47. The lowest BCUT2D eigenvalue weighted by atomic mass is 9.89. The van der Waals surface area contributed by atoms with Crippen molar-refractivity contribution in [3.05, 3.63) is 33.3 Å². The van der Waals surface area contributed by atoms with E-state index in [0.29, 0.717) is 10.9 Å². The van der Waals surface area contributed by atoms with Crippen molar-refractivity contribution >= 4 is 27.5 Å². The van der Waals surface area contributed by atoms with Gasteiger partial charge in [-0.3, -0.25) is 0 Å². The Hall–Kier alpha value is -0.0900. The molecule has 3 atom stereocenters. The predicted molar refractivity (Wildman–Crippen MR) is 74.3 cm³/mol. The van der Waals surface area contributed by atoms with E-state index in [1.807, 2.05) is 18.2 Å². The van der Waals surface area contributed by atoms with Gasteiger partial charge in [0, 0.05) is 15.5 Å². The number of hydrogen-bond donors (Lipinski definition) is 2. The molecule has 0 bridgehead atoms. The molecule has 1 fully saturated rings. The molecule has 2 nitrogen and oxygen atoms in total. The highest BCUT2D eigenvalue weighted by Crippen LogP contribution is 2.32. The van der Waals surface area contributed by atoms with Crippen LogP contribution in [0.2, 0.25) is 5.02 Å². The monoisotopic (exact) mass is 317 g/mol. The Morgan fingerprint density at radius 1 is 1.53 bits per heavy atom. The summed E-state index contributed by atoms with van der Waals surface area (Å²) in [6, 6.07) is 5.65. The highest BCUT2D eigenvalue weighted by Gasteiger charge is 2.27. The normalized spacial score (nSPS) is 26.8. The van der Waals surface area contributed by atoms with E-state index in [4.69, 9.17) is 11.6 Å². The van der Waals surface area contributed by atoms with Crippen LogP contribution in [0, 0.1) is 5.92 Å². The summed E-state index contributed by atoms with van der Waals surface area (Å²) in [4.78, 5) is 0. The fourth-order valence-electron chi connectivity index (χ4n) is 2.35. The molecule has 3 unspecified atom stereocenters. The number of rotatable bonds is 2. The molecule has 1 aliphatic rings. The van der Waals surface area contributed by atoms with Gasteiger partial charge in [-0.1, -0.05) is 34.5 Å². The van der Waals surface area contributed by atoms with Crippen molar-refractivity contribution in [3.8, 4) is 0 Å². The van der Waals surface area contributed by atoms with E-state index in [0.717, 1.165) is 23.0 Å². The summed E-state index contributed by atoms with van der Waals surface area (Å²) in [6.45, 7) is 3.20. The van der Waals surface area contributed by atoms with Crippen molar-refractivity contribution < 1.29 is 5.11 Å². The van der Waals surface area contributed by atoms with Crippen LogP contribution in [0.15, 0.2) is 22.7 Å². The van der Waals surface area contributed by atoms with Gasteiger partial charge in [0.2, 0.25) is 0 Å². The fourth-order valence-corrected chi connectivity index (χ4v) is 3.01. The standard InChI is InChI=1S/C13H17BrClNO/c1-8-4-5-16-12(6-8)13(17)10-7-9(15)2-3-11(10)14/h2-3,7-8,12-13,16-17H,4-6H2,1H3. The largest absolute Gasteiger partial charge is 0.387 e. The lowest BCUT2D eigenvalue weighted by molar-refractivity contribution is 0.101. The second kappa shape index (κ2) is 5.70. The van der Waals surface area contributed by atoms with Gasteiger partial charge in [0.1, 0.15) is 0 Å². The maximum atomic E-state index is 10.4. The van der Waals surface area contributed by atoms with Crippen LogP contribution < -0.4 is 5.32 Å². The summed E-state index contributed by atoms with van der Waals surface area (Å²) < 4.78 is 0.912. The zero-order valence-electron chi connectivity index (χ0n) is 9.79. The lowest BCUT2D eigenvalue weighted by Gasteiger charge is -2.32. The topological polar surface area (TPSA) is 32.3 Å². The van der Waals surface area contributed by atoms with Gasteiger partial charge < -0.3 is 10.4 Å². The van der Waals surface area contributed by atoms with Gasteiger partial charge in [-0.15, -0.1) is 0 Å². The summed E-state index contributed by atoms with van der Waals surface area (Å²) in [5, 5.41) is 14.5. The first-order valence-corrected chi connectivity index (χ1v) is 7.11. The molecule has 1 saturated heterocycles. The number of aliphatic hydroxyl groups is 1. The van der Waals surface area contributed by atoms with Crippen molar-refractivity contribution in [1.82, 2.24) is 5.32 Å². The number of halogens is 2. The highest BCUT2D eigenvalue weighted by atomic mass is 79.9. The second-order valence-corrected chi connectivity index (χ2v) is 6.09. The third-order valence-corrected chi connectivity index (χ3v) is 4.32. The van der Waals surface area contributed by atoms with Crippen LogP contribution in [-0.2, 0) is 0 Å². The van der Waals surface area contributed by atoms with Crippen LogP contribution >= 0.6 is 27.5 Å². The first-order valence-electron chi connectivity index (χ1n) is 5.94. The Labute approximate surface area is 115 Å². The number of hydrogen-bond acceptors (Lipinski definition) is 2. The molecule has 0 aromatic heterocycles. The highest BCUT2D eigenvalue weighted by molar-refractivity contribution is 9.10. The zero-order chi connectivity index (χ0) is 12.4.